The van der Waals surface area contributed by atoms with E-state index in [1.807, 2.05) is 0 Å². The van der Waals surface area contributed by atoms with Gasteiger partial charge in [0.1, 0.15) is 0 Å². The van der Waals surface area contributed by atoms with E-state index >= 15 is 0 Å². The van der Waals surface area contributed by atoms with Crippen LogP contribution in [0.15, 0.2) is 0 Å². The molecule has 1 aliphatic carbocycles. The molecule has 0 atom stereocenters. The van der Waals surface area contributed by atoms with Gasteiger partial charge in [0.2, 0.25) is 5.91 Å². The zero-order chi connectivity index (χ0) is 7.84. The van der Waals surface area contributed by atoms with Crippen LogP contribution in [0.3, 0.4) is 0 Å². The van der Waals surface area contributed by atoms with Crippen LogP contribution in [-0.4, -0.2) is 29.2 Å². The largest absolute Gasteiger partial charge is 0.332 e. The van der Waals surface area contributed by atoms with Gasteiger partial charge in [0, 0.05) is 6.04 Å². The molecule has 2 aliphatic rings. The van der Waals surface area contributed by atoms with Crippen LogP contribution in [0.5, 0.6) is 0 Å². The molecule has 1 aliphatic heterocycles. The SMILES string of the molecule is O=C1CC(=O)N(C2CCC2)C1. The Bertz CT molecular complexity index is 208. The third kappa shape index (κ3) is 1.04. The van der Waals surface area contributed by atoms with Gasteiger partial charge >= 0.3 is 0 Å². The molecule has 3 heteroatoms. The van der Waals surface area contributed by atoms with Crippen LogP contribution < -0.4 is 0 Å². The minimum absolute atomic E-state index is 0.0414. The fourth-order valence-corrected chi connectivity index (χ4v) is 1.64. The standard InChI is InChI=1S/C8H11NO2/c10-7-4-8(11)9(5-7)6-2-1-3-6/h6H,1-5H2. The number of ketones is 1. The van der Waals surface area contributed by atoms with Crippen molar-refractivity contribution in [1.82, 2.24) is 4.90 Å². The van der Waals surface area contributed by atoms with Crippen molar-refractivity contribution in [3.05, 3.63) is 0 Å². The molecular weight excluding hydrogens is 142 g/mol. The van der Waals surface area contributed by atoms with Crippen molar-refractivity contribution in [2.45, 2.75) is 31.7 Å². The minimum Gasteiger partial charge on any atom is -0.332 e. The van der Waals surface area contributed by atoms with Crippen LogP contribution in [0.1, 0.15) is 25.7 Å². The normalized spacial score (nSPS) is 26.0. The summed E-state index contributed by atoms with van der Waals surface area (Å²) < 4.78 is 0. The number of rotatable bonds is 1. The predicted molar refractivity (Wildman–Crippen MR) is 39.0 cm³/mol. The summed E-state index contributed by atoms with van der Waals surface area (Å²) in [6.45, 7) is 0.378. The van der Waals surface area contributed by atoms with Gasteiger partial charge in [-0.2, -0.15) is 0 Å². The molecule has 0 aromatic heterocycles. The number of amides is 1. The first kappa shape index (κ1) is 6.83. The van der Waals surface area contributed by atoms with E-state index in [9.17, 15) is 9.59 Å². The van der Waals surface area contributed by atoms with Gasteiger partial charge in [-0.3, -0.25) is 9.59 Å². The highest BCUT2D eigenvalue weighted by molar-refractivity contribution is 6.05. The van der Waals surface area contributed by atoms with Gasteiger partial charge < -0.3 is 4.90 Å². The Labute approximate surface area is 65.4 Å². The van der Waals surface area contributed by atoms with Crippen molar-refractivity contribution in [3.63, 3.8) is 0 Å². The molecule has 0 bridgehead atoms. The van der Waals surface area contributed by atoms with Crippen molar-refractivity contribution in [2.24, 2.45) is 0 Å². The van der Waals surface area contributed by atoms with Crippen LogP contribution in [0, 0.1) is 0 Å². The van der Waals surface area contributed by atoms with E-state index in [2.05, 4.69) is 0 Å². The lowest BCUT2D eigenvalue weighted by Crippen LogP contribution is -2.41. The molecule has 2 fully saturated rings. The third-order valence-electron chi connectivity index (χ3n) is 2.53. The number of hydrogen-bond acceptors (Lipinski definition) is 2. The maximum Gasteiger partial charge on any atom is 0.230 e. The summed E-state index contributed by atoms with van der Waals surface area (Å²) in [5.41, 5.74) is 0. The van der Waals surface area contributed by atoms with Crippen LogP contribution in [0.25, 0.3) is 0 Å². The van der Waals surface area contributed by atoms with Gasteiger partial charge in [0.15, 0.2) is 5.78 Å². The number of carbonyl (C=O) groups excluding carboxylic acids is 2. The quantitative estimate of drug-likeness (QED) is 0.509. The summed E-state index contributed by atoms with van der Waals surface area (Å²) in [6.07, 6.45) is 3.55. The van der Waals surface area contributed by atoms with Crippen molar-refractivity contribution in [1.29, 1.82) is 0 Å². The Morgan fingerprint density at radius 1 is 1.27 bits per heavy atom. The van der Waals surface area contributed by atoms with Crippen LogP contribution in [0.4, 0.5) is 0 Å². The van der Waals surface area contributed by atoms with Gasteiger partial charge in [0.05, 0.1) is 13.0 Å². The molecule has 1 heterocycles. The Balaban J connectivity index is 2.02. The molecule has 0 aromatic rings. The van der Waals surface area contributed by atoms with Gasteiger partial charge in [0.25, 0.3) is 0 Å². The molecule has 0 radical (unpaired) electrons. The molecule has 0 spiro atoms. The fourth-order valence-electron chi connectivity index (χ4n) is 1.64. The zero-order valence-electron chi connectivity index (χ0n) is 6.38. The van der Waals surface area contributed by atoms with E-state index in [-0.39, 0.29) is 18.1 Å². The maximum atomic E-state index is 11.1. The predicted octanol–water partition coefficient (Wildman–Crippen LogP) is 0.340. The monoisotopic (exact) mass is 153 g/mol. The average Bonchev–Trinajstić information content (AvgIpc) is 2.07. The minimum atomic E-state index is 0.0414. The van der Waals surface area contributed by atoms with E-state index in [0.29, 0.717) is 12.6 Å². The number of carbonyl (C=O) groups is 2. The molecular formula is C8H11NO2. The molecule has 0 aromatic carbocycles. The summed E-state index contributed by atoms with van der Waals surface area (Å²) in [4.78, 5) is 23.7. The average molecular weight is 153 g/mol. The lowest BCUT2D eigenvalue weighted by Gasteiger charge is -2.33. The molecule has 1 saturated heterocycles. The molecule has 0 unspecified atom stereocenters. The molecule has 60 valence electrons. The first-order valence-corrected chi connectivity index (χ1v) is 4.08. The van der Waals surface area contributed by atoms with E-state index in [1.54, 1.807) is 4.90 Å². The number of Topliss-reactive ketones (excluding diaryl/α,β-unsaturated/α-hetero) is 1. The Kier molecular flexibility index (Phi) is 1.44. The summed E-state index contributed by atoms with van der Waals surface area (Å²) in [5, 5.41) is 0. The van der Waals surface area contributed by atoms with Crippen molar-refractivity contribution >= 4 is 11.7 Å². The second-order valence-corrected chi connectivity index (χ2v) is 3.32. The summed E-state index contributed by atoms with van der Waals surface area (Å²) in [5.74, 6) is 0.126. The second-order valence-electron chi connectivity index (χ2n) is 3.32. The smallest absolute Gasteiger partial charge is 0.230 e. The van der Waals surface area contributed by atoms with E-state index < -0.39 is 0 Å². The zero-order valence-corrected chi connectivity index (χ0v) is 6.38. The van der Waals surface area contributed by atoms with Crippen molar-refractivity contribution < 1.29 is 9.59 Å². The van der Waals surface area contributed by atoms with Crippen LogP contribution >= 0.6 is 0 Å². The molecule has 0 N–H and O–H groups in total. The fraction of sp³-hybridized carbons (Fsp3) is 0.750. The third-order valence-corrected chi connectivity index (χ3v) is 2.53. The molecule has 11 heavy (non-hydrogen) atoms. The van der Waals surface area contributed by atoms with Gasteiger partial charge in [-0.1, -0.05) is 0 Å². The molecule has 2 rings (SSSR count). The summed E-state index contributed by atoms with van der Waals surface area (Å²) >= 11 is 0. The highest BCUT2D eigenvalue weighted by Crippen LogP contribution is 2.27. The molecule has 1 saturated carbocycles. The Morgan fingerprint density at radius 3 is 2.36 bits per heavy atom. The van der Waals surface area contributed by atoms with Crippen LogP contribution in [-0.2, 0) is 9.59 Å². The number of likely N-dealkylation sites (tertiary alicyclic amines) is 1. The highest BCUT2D eigenvalue weighted by atomic mass is 16.2. The first-order chi connectivity index (χ1) is 5.27. The van der Waals surface area contributed by atoms with E-state index in [0.717, 1.165) is 12.8 Å². The van der Waals surface area contributed by atoms with Gasteiger partial charge in [-0.25, -0.2) is 0 Å². The highest BCUT2D eigenvalue weighted by Gasteiger charge is 2.35. The number of nitrogens with zero attached hydrogens (tertiary/aromatic N) is 1. The Morgan fingerprint density at radius 2 is 2.00 bits per heavy atom. The van der Waals surface area contributed by atoms with Crippen molar-refractivity contribution in [2.75, 3.05) is 6.54 Å². The Hall–Kier alpha value is -0.860. The molecule has 1 amide bonds. The lowest BCUT2D eigenvalue weighted by molar-refractivity contribution is -0.131. The number of hydrogen-bond donors (Lipinski definition) is 0. The van der Waals surface area contributed by atoms with E-state index in [4.69, 9.17) is 0 Å². The van der Waals surface area contributed by atoms with Gasteiger partial charge in [-0.15, -0.1) is 0 Å². The van der Waals surface area contributed by atoms with E-state index in [1.165, 1.54) is 6.42 Å². The first-order valence-electron chi connectivity index (χ1n) is 4.08. The molecule has 3 nitrogen and oxygen atoms in total. The van der Waals surface area contributed by atoms with Gasteiger partial charge in [-0.05, 0) is 19.3 Å². The van der Waals surface area contributed by atoms with Crippen LogP contribution in [0.2, 0.25) is 0 Å². The maximum absolute atomic E-state index is 11.1. The van der Waals surface area contributed by atoms with Crippen molar-refractivity contribution in [3.8, 4) is 0 Å². The lowest BCUT2D eigenvalue weighted by atomic mass is 9.92. The summed E-state index contributed by atoms with van der Waals surface area (Å²) in [7, 11) is 0. The topological polar surface area (TPSA) is 37.4 Å². The second kappa shape index (κ2) is 2.32. The summed E-state index contributed by atoms with van der Waals surface area (Å²) in [6, 6.07) is 0.397.